The molecule has 0 aromatic heterocycles. The minimum Gasteiger partial charge on any atom is -0.373 e. The standard InChI is InChI=1S/C18H29NO/c1-3-12-19-13-16-8-10-17(11-9-16)14-20-18-7-5-4-6-15(18)2/h8-11,15,18-19H,3-7,12-14H2,1-2H3. The van der Waals surface area contributed by atoms with E-state index >= 15 is 0 Å². The quantitative estimate of drug-likeness (QED) is 0.750. The van der Waals surface area contributed by atoms with Crippen LogP contribution in [0.1, 0.15) is 57.1 Å². The Hall–Kier alpha value is -0.860. The zero-order chi connectivity index (χ0) is 14.2. The summed E-state index contributed by atoms with van der Waals surface area (Å²) in [6.45, 7) is 7.34. The van der Waals surface area contributed by atoms with Crippen LogP contribution in [-0.2, 0) is 17.9 Å². The zero-order valence-corrected chi connectivity index (χ0v) is 13.0. The zero-order valence-electron chi connectivity index (χ0n) is 13.0. The van der Waals surface area contributed by atoms with Crippen LogP contribution in [0.15, 0.2) is 24.3 Å². The number of rotatable bonds is 7. The van der Waals surface area contributed by atoms with Gasteiger partial charge in [0.25, 0.3) is 0 Å². The molecule has 2 nitrogen and oxygen atoms in total. The Balaban J connectivity index is 1.75. The Morgan fingerprint density at radius 2 is 1.80 bits per heavy atom. The minimum absolute atomic E-state index is 0.467. The monoisotopic (exact) mass is 275 g/mol. The second-order valence-electron chi connectivity index (χ2n) is 6.10. The van der Waals surface area contributed by atoms with Crippen molar-refractivity contribution in [2.45, 2.75) is 65.2 Å². The van der Waals surface area contributed by atoms with Crippen LogP contribution in [0.2, 0.25) is 0 Å². The van der Waals surface area contributed by atoms with Crippen LogP contribution in [0.25, 0.3) is 0 Å². The van der Waals surface area contributed by atoms with Gasteiger partial charge in [-0.2, -0.15) is 0 Å². The number of hydrogen-bond donors (Lipinski definition) is 1. The third-order valence-electron chi connectivity index (χ3n) is 4.28. The normalized spacial score (nSPS) is 22.9. The topological polar surface area (TPSA) is 21.3 Å². The molecule has 0 heterocycles. The molecular weight excluding hydrogens is 246 g/mol. The number of hydrogen-bond acceptors (Lipinski definition) is 2. The maximum atomic E-state index is 6.10. The molecular formula is C18H29NO. The first-order valence-corrected chi connectivity index (χ1v) is 8.19. The summed E-state index contributed by atoms with van der Waals surface area (Å²) in [6, 6.07) is 8.84. The van der Waals surface area contributed by atoms with Crippen molar-refractivity contribution in [3.63, 3.8) is 0 Å². The van der Waals surface area contributed by atoms with E-state index in [1.54, 1.807) is 0 Å². The van der Waals surface area contributed by atoms with Crippen LogP contribution in [0, 0.1) is 5.92 Å². The summed E-state index contributed by atoms with van der Waals surface area (Å²) in [5.74, 6) is 0.723. The Morgan fingerprint density at radius 3 is 2.50 bits per heavy atom. The average Bonchev–Trinajstić information content (AvgIpc) is 2.48. The molecule has 1 aliphatic rings. The number of benzene rings is 1. The fourth-order valence-electron chi connectivity index (χ4n) is 2.90. The third kappa shape index (κ3) is 4.92. The van der Waals surface area contributed by atoms with Gasteiger partial charge in [-0.1, -0.05) is 51.0 Å². The first-order valence-electron chi connectivity index (χ1n) is 8.19. The van der Waals surface area contributed by atoms with Crippen LogP contribution in [0.4, 0.5) is 0 Å². The van der Waals surface area contributed by atoms with Crippen molar-refractivity contribution in [1.82, 2.24) is 5.32 Å². The van der Waals surface area contributed by atoms with Crippen LogP contribution in [0.3, 0.4) is 0 Å². The predicted molar refractivity (Wildman–Crippen MR) is 84.6 cm³/mol. The van der Waals surface area contributed by atoms with Crippen LogP contribution >= 0.6 is 0 Å². The summed E-state index contributed by atoms with van der Waals surface area (Å²) < 4.78 is 6.10. The van der Waals surface area contributed by atoms with Gasteiger partial charge >= 0.3 is 0 Å². The second kappa shape index (κ2) is 8.43. The van der Waals surface area contributed by atoms with Gasteiger partial charge in [0.1, 0.15) is 0 Å². The van der Waals surface area contributed by atoms with Gasteiger partial charge in [0.05, 0.1) is 12.7 Å². The van der Waals surface area contributed by atoms with E-state index in [9.17, 15) is 0 Å². The third-order valence-corrected chi connectivity index (χ3v) is 4.28. The van der Waals surface area contributed by atoms with E-state index in [4.69, 9.17) is 4.74 Å². The molecule has 2 rings (SSSR count). The molecule has 1 aromatic carbocycles. The summed E-state index contributed by atoms with van der Waals surface area (Å²) in [4.78, 5) is 0. The van der Waals surface area contributed by atoms with Gasteiger partial charge in [0.2, 0.25) is 0 Å². The lowest BCUT2D eigenvalue weighted by molar-refractivity contribution is -0.0154. The van der Waals surface area contributed by atoms with Crippen LogP contribution in [-0.4, -0.2) is 12.6 Å². The van der Waals surface area contributed by atoms with E-state index in [-0.39, 0.29) is 0 Å². The van der Waals surface area contributed by atoms with E-state index in [0.29, 0.717) is 6.10 Å². The molecule has 2 atom stereocenters. The van der Waals surface area contributed by atoms with Crippen molar-refractivity contribution in [2.24, 2.45) is 5.92 Å². The molecule has 112 valence electrons. The van der Waals surface area contributed by atoms with Gasteiger partial charge in [-0.25, -0.2) is 0 Å². The molecule has 1 saturated carbocycles. The van der Waals surface area contributed by atoms with Gasteiger partial charge < -0.3 is 10.1 Å². The lowest BCUT2D eigenvalue weighted by Gasteiger charge is -2.28. The lowest BCUT2D eigenvalue weighted by Crippen LogP contribution is -2.25. The van der Waals surface area contributed by atoms with Gasteiger partial charge in [-0.3, -0.25) is 0 Å². The smallest absolute Gasteiger partial charge is 0.0720 e. The first kappa shape index (κ1) is 15.5. The van der Waals surface area contributed by atoms with Gasteiger partial charge in [-0.15, -0.1) is 0 Å². The Labute approximate surface area is 123 Å². The maximum absolute atomic E-state index is 6.10. The Bertz CT molecular complexity index is 374. The largest absolute Gasteiger partial charge is 0.373 e. The fraction of sp³-hybridized carbons (Fsp3) is 0.667. The average molecular weight is 275 g/mol. The molecule has 0 radical (unpaired) electrons. The van der Waals surface area contributed by atoms with E-state index in [0.717, 1.165) is 25.6 Å². The van der Waals surface area contributed by atoms with Gasteiger partial charge in [0, 0.05) is 6.54 Å². The SMILES string of the molecule is CCCNCc1ccc(COC2CCCCC2C)cc1. The molecule has 1 aromatic rings. The molecule has 0 saturated heterocycles. The maximum Gasteiger partial charge on any atom is 0.0720 e. The van der Waals surface area contributed by atoms with Gasteiger partial charge in [0.15, 0.2) is 0 Å². The summed E-state index contributed by atoms with van der Waals surface area (Å²) in [5.41, 5.74) is 2.65. The number of ether oxygens (including phenoxy) is 1. The highest BCUT2D eigenvalue weighted by Gasteiger charge is 2.21. The predicted octanol–water partition coefficient (Wildman–Crippen LogP) is 4.28. The van der Waals surface area contributed by atoms with E-state index in [1.165, 1.54) is 43.2 Å². The highest BCUT2D eigenvalue weighted by molar-refractivity contribution is 5.21. The fourth-order valence-corrected chi connectivity index (χ4v) is 2.90. The van der Waals surface area contributed by atoms with Crippen molar-refractivity contribution in [1.29, 1.82) is 0 Å². The molecule has 0 spiro atoms. The Kier molecular flexibility index (Phi) is 6.55. The second-order valence-corrected chi connectivity index (χ2v) is 6.10. The van der Waals surface area contributed by atoms with Crippen LogP contribution in [0.5, 0.6) is 0 Å². The van der Waals surface area contributed by atoms with Crippen molar-refractivity contribution in [3.05, 3.63) is 35.4 Å². The van der Waals surface area contributed by atoms with Gasteiger partial charge in [-0.05, 0) is 42.9 Å². The van der Waals surface area contributed by atoms with Crippen LogP contribution < -0.4 is 5.32 Å². The summed E-state index contributed by atoms with van der Waals surface area (Å²) in [7, 11) is 0. The van der Waals surface area contributed by atoms with E-state index in [2.05, 4.69) is 43.4 Å². The molecule has 0 bridgehead atoms. The summed E-state index contributed by atoms with van der Waals surface area (Å²) in [5, 5.41) is 3.43. The highest BCUT2D eigenvalue weighted by atomic mass is 16.5. The molecule has 2 unspecified atom stereocenters. The first-order chi connectivity index (χ1) is 9.79. The molecule has 0 amide bonds. The minimum atomic E-state index is 0.467. The Morgan fingerprint density at radius 1 is 1.10 bits per heavy atom. The molecule has 2 heteroatoms. The molecule has 1 aliphatic carbocycles. The van der Waals surface area contributed by atoms with E-state index < -0.39 is 0 Å². The molecule has 1 N–H and O–H groups in total. The van der Waals surface area contributed by atoms with Crippen molar-refractivity contribution in [2.75, 3.05) is 6.54 Å². The van der Waals surface area contributed by atoms with Crippen molar-refractivity contribution >= 4 is 0 Å². The molecule has 1 fully saturated rings. The molecule has 0 aliphatic heterocycles. The van der Waals surface area contributed by atoms with Crippen molar-refractivity contribution in [3.8, 4) is 0 Å². The summed E-state index contributed by atoms with van der Waals surface area (Å²) in [6.07, 6.45) is 6.92. The summed E-state index contributed by atoms with van der Waals surface area (Å²) >= 11 is 0. The van der Waals surface area contributed by atoms with Crippen molar-refractivity contribution < 1.29 is 4.74 Å². The number of nitrogens with one attached hydrogen (secondary N) is 1. The highest BCUT2D eigenvalue weighted by Crippen LogP contribution is 2.27. The van der Waals surface area contributed by atoms with E-state index in [1.807, 2.05) is 0 Å². The lowest BCUT2D eigenvalue weighted by atomic mass is 9.88. The molecule has 20 heavy (non-hydrogen) atoms.